The largest absolute Gasteiger partial charge is 0.453 e. The maximum Gasteiger partial charge on any atom is 0.411 e. The number of imidazole rings is 1. The average Bonchev–Trinajstić information content (AvgIpc) is 2.86. The third-order valence-corrected chi connectivity index (χ3v) is 4.17. The van der Waals surface area contributed by atoms with Crippen molar-refractivity contribution in [2.24, 2.45) is 0 Å². The van der Waals surface area contributed by atoms with Gasteiger partial charge in [0.05, 0.1) is 17.7 Å². The Balaban J connectivity index is 2.28. The number of nitrogens with zero attached hydrogens (tertiary/aromatic N) is 2. The van der Waals surface area contributed by atoms with E-state index in [0.29, 0.717) is 11.4 Å². The number of rotatable bonds is 3. The van der Waals surface area contributed by atoms with Crippen molar-refractivity contribution in [1.82, 2.24) is 8.96 Å². The zero-order valence-corrected chi connectivity index (χ0v) is 11.7. The Morgan fingerprint density at radius 1 is 1.30 bits per heavy atom. The summed E-state index contributed by atoms with van der Waals surface area (Å²) in [6, 6.07) is 5.76. The van der Waals surface area contributed by atoms with Gasteiger partial charge in [0.1, 0.15) is 6.33 Å². The molecule has 0 radical (unpaired) electrons. The number of amides is 1. The normalized spacial score (nSPS) is 11.1. The summed E-state index contributed by atoms with van der Waals surface area (Å²) < 4.78 is 30.0. The van der Waals surface area contributed by atoms with Gasteiger partial charge in [0, 0.05) is 11.9 Å². The van der Waals surface area contributed by atoms with Crippen LogP contribution in [0.4, 0.5) is 10.5 Å². The smallest absolute Gasteiger partial charge is 0.411 e. The lowest BCUT2D eigenvalue weighted by Gasteiger charge is -2.07. The number of aromatic nitrogens is 2. The molecule has 1 N–H and O–H groups in total. The van der Waals surface area contributed by atoms with E-state index >= 15 is 0 Å². The first-order valence-electron chi connectivity index (χ1n) is 5.64. The molecule has 20 heavy (non-hydrogen) atoms. The van der Waals surface area contributed by atoms with E-state index in [1.165, 1.54) is 43.9 Å². The van der Waals surface area contributed by atoms with Crippen LogP contribution in [0.15, 0.2) is 41.7 Å². The minimum atomic E-state index is -3.66. The average molecular weight is 295 g/mol. The van der Waals surface area contributed by atoms with Gasteiger partial charge in [0.2, 0.25) is 0 Å². The summed E-state index contributed by atoms with van der Waals surface area (Å²) >= 11 is 0. The van der Waals surface area contributed by atoms with Crippen molar-refractivity contribution in [3.8, 4) is 0 Å². The fourth-order valence-electron chi connectivity index (χ4n) is 1.53. The Kier molecular flexibility index (Phi) is 3.75. The highest BCUT2D eigenvalue weighted by Crippen LogP contribution is 2.17. The van der Waals surface area contributed by atoms with Crippen molar-refractivity contribution < 1.29 is 17.9 Å². The van der Waals surface area contributed by atoms with E-state index in [9.17, 15) is 13.2 Å². The molecule has 1 heterocycles. The molecule has 1 aromatic carbocycles. The Morgan fingerprint density at radius 2 is 1.95 bits per heavy atom. The number of carbonyl (C=O) groups excluding carboxylic acids is 1. The molecule has 0 fully saturated rings. The Morgan fingerprint density at radius 3 is 2.45 bits per heavy atom. The second-order valence-electron chi connectivity index (χ2n) is 3.99. The highest BCUT2D eigenvalue weighted by molar-refractivity contribution is 7.90. The van der Waals surface area contributed by atoms with Crippen molar-refractivity contribution in [3.63, 3.8) is 0 Å². The maximum atomic E-state index is 12.2. The molecular weight excluding hydrogens is 282 g/mol. The van der Waals surface area contributed by atoms with Crippen LogP contribution >= 0.6 is 0 Å². The molecule has 0 atom stereocenters. The van der Waals surface area contributed by atoms with Gasteiger partial charge < -0.3 is 4.74 Å². The van der Waals surface area contributed by atoms with Crippen LogP contribution in [0.5, 0.6) is 0 Å². The van der Waals surface area contributed by atoms with E-state index in [1.54, 1.807) is 6.92 Å². The van der Waals surface area contributed by atoms with Crippen LogP contribution < -0.4 is 5.32 Å². The molecule has 0 unspecified atom stereocenters. The molecule has 0 saturated carbocycles. The number of hydrogen-bond donors (Lipinski definition) is 1. The fourth-order valence-corrected chi connectivity index (χ4v) is 2.72. The minimum absolute atomic E-state index is 0.102. The Bertz CT molecular complexity index is 719. The molecule has 2 aromatic rings. The fraction of sp³-hybridized carbons (Fsp3) is 0.167. The number of hydrogen-bond acceptors (Lipinski definition) is 5. The predicted molar refractivity (Wildman–Crippen MR) is 72.0 cm³/mol. The Labute approximate surface area is 116 Å². The molecular formula is C12H13N3O4S. The number of ether oxygens (including phenoxy) is 1. The second kappa shape index (κ2) is 5.33. The van der Waals surface area contributed by atoms with E-state index in [2.05, 4.69) is 15.0 Å². The van der Waals surface area contributed by atoms with Crippen LogP contribution in [0.25, 0.3) is 0 Å². The molecule has 2 rings (SSSR count). The van der Waals surface area contributed by atoms with Gasteiger partial charge in [-0.2, -0.15) is 0 Å². The van der Waals surface area contributed by atoms with Crippen molar-refractivity contribution in [2.45, 2.75) is 11.8 Å². The summed E-state index contributed by atoms with van der Waals surface area (Å²) in [5, 5.41) is 2.44. The van der Waals surface area contributed by atoms with Gasteiger partial charge in [-0.15, -0.1) is 0 Å². The molecule has 0 aliphatic heterocycles. The van der Waals surface area contributed by atoms with E-state index in [0.717, 1.165) is 3.97 Å². The minimum Gasteiger partial charge on any atom is -0.453 e. The third kappa shape index (κ3) is 2.80. The predicted octanol–water partition coefficient (Wildman–Crippen LogP) is 1.61. The first-order chi connectivity index (χ1) is 9.43. The second-order valence-corrected chi connectivity index (χ2v) is 5.83. The van der Waals surface area contributed by atoms with Crippen LogP contribution in [0.3, 0.4) is 0 Å². The molecule has 8 heteroatoms. The lowest BCUT2D eigenvalue weighted by molar-refractivity contribution is 0.187. The van der Waals surface area contributed by atoms with Gasteiger partial charge in [-0.1, -0.05) is 0 Å². The molecule has 106 valence electrons. The van der Waals surface area contributed by atoms with Crippen molar-refractivity contribution >= 4 is 21.8 Å². The summed E-state index contributed by atoms with van der Waals surface area (Å²) in [7, 11) is -2.41. The molecule has 1 aromatic heterocycles. The summed E-state index contributed by atoms with van der Waals surface area (Å²) in [5.41, 5.74) is 1.05. The molecule has 0 spiro atoms. The summed E-state index contributed by atoms with van der Waals surface area (Å²) in [5.74, 6) is 0. The molecule has 0 aliphatic carbocycles. The van der Waals surface area contributed by atoms with Crippen molar-refractivity contribution in [2.75, 3.05) is 12.4 Å². The highest BCUT2D eigenvalue weighted by atomic mass is 32.2. The zero-order chi connectivity index (χ0) is 14.8. The summed E-state index contributed by atoms with van der Waals surface area (Å²) in [6.45, 7) is 1.70. The lowest BCUT2D eigenvalue weighted by Crippen LogP contribution is -2.12. The molecule has 7 nitrogen and oxygen atoms in total. The zero-order valence-electron chi connectivity index (χ0n) is 10.9. The molecule has 1 amide bonds. The maximum absolute atomic E-state index is 12.2. The van der Waals surface area contributed by atoms with Crippen LogP contribution in [0, 0.1) is 6.92 Å². The highest BCUT2D eigenvalue weighted by Gasteiger charge is 2.16. The first kappa shape index (κ1) is 14.1. The van der Waals surface area contributed by atoms with Gasteiger partial charge in [-0.05, 0) is 31.2 Å². The van der Waals surface area contributed by atoms with Gasteiger partial charge in [0.25, 0.3) is 10.0 Å². The Hall–Kier alpha value is -2.35. The monoisotopic (exact) mass is 295 g/mol. The van der Waals surface area contributed by atoms with Crippen LogP contribution in [-0.4, -0.2) is 30.6 Å². The van der Waals surface area contributed by atoms with Gasteiger partial charge in [-0.3, -0.25) is 5.32 Å². The lowest BCUT2D eigenvalue weighted by atomic mass is 10.3. The number of methoxy groups -OCH3 is 1. The number of carbonyl (C=O) groups is 1. The van der Waals surface area contributed by atoms with Gasteiger partial charge in [0.15, 0.2) is 0 Å². The number of benzene rings is 1. The SMILES string of the molecule is COC(=O)Nc1ccc(S(=O)(=O)n2cnc(C)c2)cc1. The molecule has 0 bridgehead atoms. The topological polar surface area (TPSA) is 90.3 Å². The van der Waals surface area contributed by atoms with Crippen molar-refractivity contribution in [3.05, 3.63) is 42.5 Å². The third-order valence-electron chi connectivity index (χ3n) is 2.55. The molecule has 0 aliphatic rings. The van der Waals surface area contributed by atoms with Crippen LogP contribution in [-0.2, 0) is 14.8 Å². The summed E-state index contributed by atoms with van der Waals surface area (Å²) in [6.07, 6.45) is 2.05. The number of anilines is 1. The van der Waals surface area contributed by atoms with Crippen LogP contribution in [0.2, 0.25) is 0 Å². The van der Waals surface area contributed by atoms with E-state index < -0.39 is 16.1 Å². The van der Waals surface area contributed by atoms with E-state index in [4.69, 9.17) is 0 Å². The standard InChI is InChI=1S/C12H13N3O4S/c1-9-7-15(8-13-9)20(17,18)11-5-3-10(4-6-11)14-12(16)19-2/h3-8H,1-2H3,(H,14,16). The molecule has 0 saturated heterocycles. The van der Waals surface area contributed by atoms with Gasteiger partial charge >= 0.3 is 6.09 Å². The van der Waals surface area contributed by atoms with E-state index in [-0.39, 0.29) is 4.90 Å². The number of nitrogens with one attached hydrogen (secondary N) is 1. The summed E-state index contributed by atoms with van der Waals surface area (Å²) in [4.78, 5) is 15.0. The number of aryl methyl sites for hydroxylation is 1. The van der Waals surface area contributed by atoms with Gasteiger partial charge in [-0.25, -0.2) is 22.2 Å². The quantitative estimate of drug-likeness (QED) is 0.929. The van der Waals surface area contributed by atoms with E-state index in [1.807, 2.05) is 0 Å². The van der Waals surface area contributed by atoms with Crippen molar-refractivity contribution in [1.29, 1.82) is 0 Å². The van der Waals surface area contributed by atoms with Crippen LogP contribution in [0.1, 0.15) is 5.69 Å². The first-order valence-corrected chi connectivity index (χ1v) is 7.08.